The molecule has 0 aliphatic heterocycles. The van der Waals surface area contributed by atoms with E-state index in [1.54, 1.807) is 36.4 Å². The third-order valence-corrected chi connectivity index (χ3v) is 9.13. The molecule has 0 unspecified atom stereocenters. The predicted molar refractivity (Wildman–Crippen MR) is 192 cm³/mol. The number of carbonyl (C=O) groups excluding carboxylic acids is 4. The average Bonchev–Trinajstić information content (AvgIpc) is 3.57. The van der Waals surface area contributed by atoms with Crippen LogP contribution in [0, 0.1) is 11.8 Å². The SMILES string of the molecule is C=CC(=O)OCCCCCCOc1ccc(OC(=O)C2CCC(C(=O)Oc3ccc(OC=O)cc3/C=N/Nc3nc4ccccc4s3)CC2)cc1. The molecule has 0 saturated heterocycles. The summed E-state index contributed by atoms with van der Waals surface area (Å²) >= 11 is 1.45. The molecular weight excluding hydrogens is 674 g/mol. The van der Waals surface area contributed by atoms with Gasteiger partial charge in [-0.1, -0.05) is 30.0 Å². The van der Waals surface area contributed by atoms with Gasteiger partial charge >= 0.3 is 17.9 Å². The number of hydrazone groups is 1. The number of thiazole rings is 1. The second kappa shape index (κ2) is 19.0. The van der Waals surface area contributed by atoms with Gasteiger partial charge in [-0.2, -0.15) is 5.10 Å². The summed E-state index contributed by atoms with van der Waals surface area (Å²) in [6.07, 6.45) is 8.09. The highest BCUT2D eigenvalue weighted by Gasteiger charge is 2.32. The number of nitrogens with zero attached hydrogens (tertiary/aromatic N) is 2. The molecule has 3 aromatic carbocycles. The van der Waals surface area contributed by atoms with Crippen LogP contribution in [0.5, 0.6) is 23.0 Å². The monoisotopic (exact) mass is 713 g/mol. The predicted octanol–water partition coefficient (Wildman–Crippen LogP) is 7.26. The summed E-state index contributed by atoms with van der Waals surface area (Å²) in [6, 6.07) is 19.3. The molecule has 0 bridgehead atoms. The first-order chi connectivity index (χ1) is 24.9. The van der Waals surface area contributed by atoms with Crippen molar-refractivity contribution in [3.63, 3.8) is 0 Å². The Balaban J connectivity index is 1.05. The lowest BCUT2D eigenvalue weighted by Gasteiger charge is -2.26. The van der Waals surface area contributed by atoms with E-state index in [0.717, 1.165) is 42.0 Å². The number of hydrogen-bond donors (Lipinski definition) is 1. The second-order valence-corrected chi connectivity index (χ2v) is 12.8. The van der Waals surface area contributed by atoms with Crippen LogP contribution in [0.25, 0.3) is 10.2 Å². The smallest absolute Gasteiger partial charge is 0.330 e. The van der Waals surface area contributed by atoms with Gasteiger partial charge in [-0.15, -0.1) is 0 Å². The van der Waals surface area contributed by atoms with E-state index >= 15 is 0 Å². The number of benzene rings is 3. The van der Waals surface area contributed by atoms with E-state index in [1.807, 2.05) is 24.3 Å². The molecule has 266 valence electrons. The summed E-state index contributed by atoms with van der Waals surface area (Å²) in [5.74, 6) is -0.248. The Labute approximate surface area is 299 Å². The number of rotatable bonds is 18. The Kier molecular flexibility index (Phi) is 13.7. The molecule has 4 aromatic rings. The van der Waals surface area contributed by atoms with Gasteiger partial charge < -0.3 is 23.7 Å². The van der Waals surface area contributed by atoms with Crippen molar-refractivity contribution in [1.29, 1.82) is 0 Å². The van der Waals surface area contributed by atoms with E-state index < -0.39 is 17.9 Å². The minimum atomic E-state index is -0.413. The Bertz CT molecular complexity index is 1800. The molecule has 0 atom stereocenters. The molecule has 1 saturated carbocycles. The molecule has 1 aliphatic rings. The molecule has 5 rings (SSSR count). The van der Waals surface area contributed by atoms with Crippen molar-refractivity contribution in [2.45, 2.75) is 51.4 Å². The molecular formula is C38H39N3O9S. The van der Waals surface area contributed by atoms with Crippen molar-refractivity contribution in [3.8, 4) is 23.0 Å². The van der Waals surface area contributed by atoms with Crippen LogP contribution in [0.1, 0.15) is 56.9 Å². The molecule has 1 N–H and O–H groups in total. The fraction of sp³-hybridized carbons (Fsp3) is 0.316. The van der Waals surface area contributed by atoms with Crippen LogP contribution in [0.2, 0.25) is 0 Å². The Hall–Kier alpha value is -5.56. The van der Waals surface area contributed by atoms with Crippen molar-refractivity contribution in [2.75, 3.05) is 18.6 Å². The summed E-state index contributed by atoms with van der Waals surface area (Å²) in [5, 5.41) is 4.85. The summed E-state index contributed by atoms with van der Waals surface area (Å²) in [6.45, 7) is 4.62. The molecule has 13 heteroatoms. The maximum atomic E-state index is 13.2. The average molecular weight is 714 g/mol. The number of ether oxygens (including phenoxy) is 5. The van der Waals surface area contributed by atoms with Gasteiger partial charge in [-0.05, 0) is 106 Å². The van der Waals surface area contributed by atoms with Gasteiger partial charge in [0, 0.05) is 11.6 Å². The number of para-hydroxylation sites is 1. The third kappa shape index (κ3) is 11.2. The number of hydrogen-bond acceptors (Lipinski definition) is 13. The van der Waals surface area contributed by atoms with Gasteiger partial charge in [0.1, 0.15) is 23.0 Å². The second-order valence-electron chi connectivity index (χ2n) is 11.8. The quantitative estimate of drug-likeness (QED) is 0.0211. The maximum Gasteiger partial charge on any atom is 0.330 e. The van der Waals surface area contributed by atoms with Gasteiger partial charge in [-0.3, -0.25) is 19.8 Å². The molecule has 12 nitrogen and oxygen atoms in total. The number of fused-ring (bicyclic) bond motifs is 1. The normalized spacial score (nSPS) is 15.5. The summed E-state index contributed by atoms with van der Waals surface area (Å²) in [5.41, 5.74) is 4.17. The summed E-state index contributed by atoms with van der Waals surface area (Å²) in [7, 11) is 0. The van der Waals surface area contributed by atoms with Crippen LogP contribution in [0.4, 0.5) is 5.13 Å². The van der Waals surface area contributed by atoms with Crippen LogP contribution >= 0.6 is 11.3 Å². The van der Waals surface area contributed by atoms with Crippen molar-refractivity contribution in [2.24, 2.45) is 16.9 Å². The largest absolute Gasteiger partial charge is 0.494 e. The highest BCUT2D eigenvalue weighted by molar-refractivity contribution is 7.22. The number of carbonyl (C=O) groups is 4. The zero-order valence-electron chi connectivity index (χ0n) is 28.0. The topological polar surface area (TPSA) is 152 Å². The van der Waals surface area contributed by atoms with Crippen molar-refractivity contribution >= 4 is 57.3 Å². The first-order valence-electron chi connectivity index (χ1n) is 16.8. The number of nitrogens with one attached hydrogen (secondary N) is 1. The minimum Gasteiger partial charge on any atom is -0.494 e. The van der Waals surface area contributed by atoms with Crippen molar-refractivity contribution < 1.29 is 42.9 Å². The third-order valence-electron chi connectivity index (χ3n) is 8.19. The lowest BCUT2D eigenvalue weighted by atomic mass is 9.82. The van der Waals surface area contributed by atoms with Crippen LogP contribution < -0.4 is 24.4 Å². The zero-order valence-corrected chi connectivity index (χ0v) is 28.8. The first kappa shape index (κ1) is 36.7. The molecule has 1 aromatic heterocycles. The fourth-order valence-electron chi connectivity index (χ4n) is 5.47. The number of anilines is 1. The molecule has 0 radical (unpaired) electrons. The maximum absolute atomic E-state index is 13.2. The van der Waals surface area contributed by atoms with E-state index in [0.29, 0.717) is 67.6 Å². The van der Waals surface area contributed by atoms with Crippen LogP contribution in [0.15, 0.2) is 84.5 Å². The van der Waals surface area contributed by atoms with Gasteiger partial charge in [0.2, 0.25) is 5.13 Å². The van der Waals surface area contributed by atoms with Gasteiger partial charge in [-0.25, -0.2) is 9.78 Å². The van der Waals surface area contributed by atoms with Crippen molar-refractivity contribution in [3.05, 3.63) is 84.9 Å². The van der Waals surface area contributed by atoms with Gasteiger partial charge in [0.15, 0.2) is 0 Å². The number of unbranched alkanes of at least 4 members (excludes halogenated alkanes) is 3. The highest BCUT2D eigenvalue weighted by atomic mass is 32.1. The fourth-order valence-corrected chi connectivity index (χ4v) is 6.28. The van der Waals surface area contributed by atoms with Crippen LogP contribution in [-0.2, 0) is 23.9 Å². The van der Waals surface area contributed by atoms with E-state index in [2.05, 4.69) is 22.1 Å². The minimum absolute atomic E-state index is 0.255. The molecule has 1 aliphatic carbocycles. The molecule has 1 heterocycles. The number of aromatic nitrogens is 1. The lowest BCUT2D eigenvalue weighted by Crippen LogP contribution is -2.30. The van der Waals surface area contributed by atoms with E-state index in [1.165, 1.54) is 23.6 Å². The Morgan fingerprint density at radius 3 is 2.22 bits per heavy atom. The lowest BCUT2D eigenvalue weighted by molar-refractivity contribution is -0.145. The molecule has 1 fully saturated rings. The molecule has 0 amide bonds. The van der Waals surface area contributed by atoms with Gasteiger partial charge in [0.25, 0.3) is 6.47 Å². The van der Waals surface area contributed by atoms with Gasteiger partial charge in [0.05, 0.1) is 41.5 Å². The standard InChI is InChI=1S/C38H39N3O9S/c1-2-35(43)47-22-8-4-3-7-21-46-29-15-17-30(18-16-29)49-36(44)26-11-13-27(14-12-26)37(45)50-33-20-19-31(48-25-42)23-28(33)24-39-41-38-40-32-9-5-6-10-34(32)51-38/h2,5-6,9-10,15-20,23-27H,1,3-4,7-8,11-14,21-22H2,(H,40,41)/b39-24+. The van der Waals surface area contributed by atoms with E-state index in [-0.39, 0.29) is 23.4 Å². The Morgan fingerprint density at radius 2 is 1.51 bits per heavy atom. The number of esters is 3. The van der Waals surface area contributed by atoms with E-state index in [9.17, 15) is 19.2 Å². The zero-order chi connectivity index (χ0) is 35.8. The Morgan fingerprint density at radius 1 is 0.843 bits per heavy atom. The highest BCUT2D eigenvalue weighted by Crippen LogP contribution is 2.33. The first-order valence-corrected chi connectivity index (χ1v) is 17.6. The van der Waals surface area contributed by atoms with Crippen LogP contribution in [0.3, 0.4) is 0 Å². The summed E-state index contributed by atoms with van der Waals surface area (Å²) in [4.78, 5) is 52.5. The van der Waals surface area contributed by atoms with Crippen molar-refractivity contribution in [1.82, 2.24) is 4.98 Å². The summed E-state index contributed by atoms with van der Waals surface area (Å²) < 4.78 is 28.1. The van der Waals surface area contributed by atoms with E-state index in [4.69, 9.17) is 23.7 Å². The van der Waals surface area contributed by atoms with Crippen LogP contribution in [-0.4, -0.2) is 48.8 Å². The molecule has 51 heavy (non-hydrogen) atoms. The molecule has 0 spiro atoms.